The standard InChI is InChI=1S/C18H17NO5S/c1-23-17(21)12-7-9-13(10-8-12)19-16(20)11-24-18(22)14-5-3-4-6-15(14)25-2/h3-10H,11H2,1-2H3,(H,19,20). The van der Waals surface area contributed by atoms with Crippen LogP contribution < -0.4 is 5.32 Å². The van der Waals surface area contributed by atoms with Crippen LogP contribution in [-0.4, -0.2) is 37.8 Å². The van der Waals surface area contributed by atoms with Crippen LogP contribution in [0.4, 0.5) is 5.69 Å². The minimum absolute atomic E-state index is 0.376. The van der Waals surface area contributed by atoms with Gasteiger partial charge in [-0.2, -0.15) is 0 Å². The van der Waals surface area contributed by atoms with Gasteiger partial charge in [0.25, 0.3) is 5.91 Å². The zero-order valence-electron chi connectivity index (χ0n) is 13.8. The second-order valence-corrected chi connectivity index (χ2v) is 5.74. The Balaban J connectivity index is 1.90. The van der Waals surface area contributed by atoms with Gasteiger partial charge in [-0.15, -0.1) is 11.8 Å². The highest BCUT2D eigenvalue weighted by molar-refractivity contribution is 7.98. The second-order valence-electron chi connectivity index (χ2n) is 4.89. The Morgan fingerprint density at radius 3 is 2.32 bits per heavy atom. The maximum atomic E-state index is 12.1. The van der Waals surface area contributed by atoms with Crippen LogP contribution >= 0.6 is 11.8 Å². The topological polar surface area (TPSA) is 81.7 Å². The van der Waals surface area contributed by atoms with E-state index in [1.54, 1.807) is 24.3 Å². The molecule has 6 nitrogen and oxygen atoms in total. The van der Waals surface area contributed by atoms with Crippen LogP contribution in [0.5, 0.6) is 0 Å². The molecule has 2 aromatic carbocycles. The fraction of sp³-hybridized carbons (Fsp3) is 0.167. The van der Waals surface area contributed by atoms with Crippen molar-refractivity contribution in [3.63, 3.8) is 0 Å². The van der Waals surface area contributed by atoms with E-state index < -0.39 is 24.5 Å². The van der Waals surface area contributed by atoms with Crippen LogP contribution in [0.2, 0.25) is 0 Å². The largest absolute Gasteiger partial charge is 0.465 e. The number of carbonyl (C=O) groups is 3. The predicted octanol–water partition coefficient (Wildman–Crippen LogP) is 2.99. The smallest absolute Gasteiger partial charge is 0.339 e. The van der Waals surface area contributed by atoms with Crippen LogP contribution in [0.1, 0.15) is 20.7 Å². The molecular formula is C18H17NO5S. The third-order valence-corrected chi connectivity index (χ3v) is 4.05. The zero-order chi connectivity index (χ0) is 18.2. The molecular weight excluding hydrogens is 342 g/mol. The lowest BCUT2D eigenvalue weighted by molar-refractivity contribution is -0.119. The van der Waals surface area contributed by atoms with Gasteiger partial charge in [-0.1, -0.05) is 12.1 Å². The average Bonchev–Trinajstić information content (AvgIpc) is 2.66. The molecule has 25 heavy (non-hydrogen) atoms. The zero-order valence-corrected chi connectivity index (χ0v) is 14.6. The van der Waals surface area contributed by atoms with Crippen molar-refractivity contribution in [1.82, 2.24) is 0 Å². The van der Waals surface area contributed by atoms with Crippen molar-refractivity contribution in [2.45, 2.75) is 4.90 Å². The van der Waals surface area contributed by atoms with E-state index in [-0.39, 0.29) is 0 Å². The molecule has 0 aliphatic heterocycles. The summed E-state index contributed by atoms with van der Waals surface area (Å²) in [4.78, 5) is 36.1. The molecule has 0 aliphatic carbocycles. The number of hydrogen-bond acceptors (Lipinski definition) is 6. The van der Waals surface area contributed by atoms with Crippen LogP contribution in [0.15, 0.2) is 53.4 Å². The summed E-state index contributed by atoms with van der Waals surface area (Å²) in [6.07, 6.45) is 1.86. The van der Waals surface area contributed by atoms with E-state index in [1.807, 2.05) is 18.4 Å². The van der Waals surface area contributed by atoms with Gasteiger partial charge in [0.05, 0.1) is 18.2 Å². The second kappa shape index (κ2) is 8.89. The number of methoxy groups -OCH3 is 1. The molecule has 0 unspecified atom stereocenters. The first-order valence-electron chi connectivity index (χ1n) is 7.33. The van der Waals surface area contributed by atoms with E-state index in [0.717, 1.165) is 4.90 Å². The molecule has 2 aromatic rings. The summed E-state index contributed by atoms with van der Waals surface area (Å²) in [5.74, 6) is -1.48. The fourth-order valence-corrected chi connectivity index (χ4v) is 2.61. The number of amides is 1. The van der Waals surface area contributed by atoms with Gasteiger partial charge >= 0.3 is 11.9 Å². The molecule has 0 aliphatic rings. The van der Waals surface area contributed by atoms with E-state index in [1.165, 1.54) is 31.0 Å². The molecule has 0 radical (unpaired) electrons. The van der Waals surface area contributed by atoms with E-state index in [2.05, 4.69) is 10.1 Å². The first-order valence-corrected chi connectivity index (χ1v) is 8.56. The molecule has 0 atom stereocenters. The minimum Gasteiger partial charge on any atom is -0.465 e. The monoisotopic (exact) mass is 359 g/mol. The molecule has 2 rings (SSSR count). The highest BCUT2D eigenvalue weighted by atomic mass is 32.2. The lowest BCUT2D eigenvalue weighted by Gasteiger charge is -2.09. The summed E-state index contributed by atoms with van der Waals surface area (Å²) in [5.41, 5.74) is 1.28. The lowest BCUT2D eigenvalue weighted by atomic mass is 10.2. The van der Waals surface area contributed by atoms with Crippen molar-refractivity contribution in [1.29, 1.82) is 0 Å². The SMILES string of the molecule is COC(=O)c1ccc(NC(=O)COC(=O)c2ccccc2SC)cc1. The molecule has 0 heterocycles. The van der Waals surface area contributed by atoms with Gasteiger partial charge in [0, 0.05) is 10.6 Å². The van der Waals surface area contributed by atoms with Crippen molar-refractivity contribution < 1.29 is 23.9 Å². The molecule has 130 valence electrons. The van der Waals surface area contributed by atoms with Crippen LogP contribution in [-0.2, 0) is 14.3 Å². The van der Waals surface area contributed by atoms with Crippen molar-refractivity contribution >= 4 is 35.3 Å². The number of hydrogen-bond donors (Lipinski definition) is 1. The van der Waals surface area contributed by atoms with Crippen LogP contribution in [0.25, 0.3) is 0 Å². The Labute approximate surface area is 149 Å². The van der Waals surface area contributed by atoms with E-state index in [0.29, 0.717) is 16.8 Å². The highest BCUT2D eigenvalue weighted by Crippen LogP contribution is 2.20. The molecule has 0 aromatic heterocycles. The first-order chi connectivity index (χ1) is 12.0. The van der Waals surface area contributed by atoms with Gasteiger partial charge in [0.2, 0.25) is 0 Å². The maximum absolute atomic E-state index is 12.1. The maximum Gasteiger partial charge on any atom is 0.339 e. The molecule has 0 bridgehead atoms. The number of benzene rings is 2. The molecule has 0 saturated carbocycles. The van der Waals surface area contributed by atoms with Gasteiger partial charge in [-0.3, -0.25) is 4.79 Å². The molecule has 0 saturated heterocycles. The predicted molar refractivity (Wildman–Crippen MR) is 94.9 cm³/mol. The molecule has 7 heteroatoms. The third-order valence-electron chi connectivity index (χ3n) is 3.25. The summed E-state index contributed by atoms with van der Waals surface area (Å²) < 4.78 is 9.64. The number of carbonyl (C=O) groups excluding carboxylic acids is 3. The number of ether oxygens (including phenoxy) is 2. The normalized spacial score (nSPS) is 10.0. The summed E-state index contributed by atoms with van der Waals surface area (Å²) in [6.45, 7) is -0.402. The van der Waals surface area contributed by atoms with Gasteiger partial charge in [0.15, 0.2) is 6.61 Å². The van der Waals surface area contributed by atoms with Gasteiger partial charge < -0.3 is 14.8 Å². The van der Waals surface area contributed by atoms with E-state index >= 15 is 0 Å². The average molecular weight is 359 g/mol. The minimum atomic E-state index is -0.555. The van der Waals surface area contributed by atoms with Crippen molar-refractivity contribution in [2.75, 3.05) is 25.3 Å². The first kappa shape index (κ1) is 18.5. The number of nitrogens with one attached hydrogen (secondary N) is 1. The summed E-state index contributed by atoms with van der Waals surface area (Å²) in [5, 5.41) is 2.59. The summed E-state index contributed by atoms with van der Waals surface area (Å²) in [6, 6.07) is 13.2. The van der Waals surface area contributed by atoms with Crippen LogP contribution in [0.3, 0.4) is 0 Å². The number of esters is 2. The lowest BCUT2D eigenvalue weighted by Crippen LogP contribution is -2.21. The Morgan fingerprint density at radius 2 is 1.68 bits per heavy atom. The van der Waals surface area contributed by atoms with Crippen molar-refractivity contribution in [3.8, 4) is 0 Å². The molecule has 1 N–H and O–H groups in total. The number of thioether (sulfide) groups is 1. The Hall–Kier alpha value is -2.80. The van der Waals surface area contributed by atoms with E-state index in [4.69, 9.17) is 4.74 Å². The third kappa shape index (κ3) is 5.09. The van der Waals surface area contributed by atoms with Gasteiger partial charge in [-0.05, 0) is 42.7 Å². The van der Waals surface area contributed by atoms with Crippen molar-refractivity contribution in [2.24, 2.45) is 0 Å². The molecule has 0 spiro atoms. The number of rotatable bonds is 6. The summed E-state index contributed by atoms with van der Waals surface area (Å²) in [7, 11) is 1.29. The number of anilines is 1. The van der Waals surface area contributed by atoms with E-state index in [9.17, 15) is 14.4 Å². The van der Waals surface area contributed by atoms with Crippen molar-refractivity contribution in [3.05, 3.63) is 59.7 Å². The van der Waals surface area contributed by atoms with Gasteiger partial charge in [0.1, 0.15) is 0 Å². The Bertz CT molecular complexity index is 773. The quantitative estimate of drug-likeness (QED) is 0.631. The Kier molecular flexibility index (Phi) is 6.59. The fourth-order valence-electron chi connectivity index (χ4n) is 2.03. The summed E-state index contributed by atoms with van der Waals surface area (Å²) >= 11 is 1.43. The highest BCUT2D eigenvalue weighted by Gasteiger charge is 2.14. The van der Waals surface area contributed by atoms with Gasteiger partial charge in [-0.25, -0.2) is 9.59 Å². The molecule has 0 fully saturated rings. The molecule has 1 amide bonds. The Morgan fingerprint density at radius 1 is 1.00 bits per heavy atom. The van der Waals surface area contributed by atoms with Crippen LogP contribution in [0, 0.1) is 0 Å².